The predicted octanol–water partition coefficient (Wildman–Crippen LogP) is 2.58. The summed E-state index contributed by atoms with van der Waals surface area (Å²) in [6, 6.07) is 5.99. The molecule has 0 aliphatic heterocycles. The van der Waals surface area contributed by atoms with Gasteiger partial charge < -0.3 is 5.73 Å². The second-order valence-corrected chi connectivity index (χ2v) is 4.92. The van der Waals surface area contributed by atoms with E-state index in [1.165, 1.54) is 11.3 Å². The van der Waals surface area contributed by atoms with Crippen molar-refractivity contribution in [3.8, 4) is 0 Å². The highest BCUT2D eigenvalue weighted by molar-refractivity contribution is 8.01. The van der Waals surface area contributed by atoms with Gasteiger partial charge in [-0.1, -0.05) is 35.2 Å². The smallest absolute Gasteiger partial charge is 0.178 e. The molecule has 0 unspecified atom stereocenters. The molecule has 0 atom stereocenters. The van der Waals surface area contributed by atoms with E-state index in [0.717, 1.165) is 20.5 Å². The summed E-state index contributed by atoms with van der Waals surface area (Å²) in [4.78, 5) is 1.04. The van der Waals surface area contributed by atoms with Crippen LogP contribution < -0.4 is 5.73 Å². The van der Waals surface area contributed by atoms with E-state index in [-0.39, 0.29) is 0 Å². The Morgan fingerprint density at radius 3 is 3.00 bits per heavy atom. The molecule has 1 heterocycles. The van der Waals surface area contributed by atoms with Crippen molar-refractivity contribution in [1.29, 1.82) is 0 Å². The number of aryl methyl sites for hydroxylation is 1. The Hall–Kier alpha value is -1.07. The first-order valence-electron chi connectivity index (χ1n) is 4.06. The molecule has 0 radical (unpaired) electrons. The molecule has 1 aromatic heterocycles. The number of nitrogen functional groups attached to an aromatic ring is 1. The molecule has 2 aromatic rings. The van der Waals surface area contributed by atoms with Crippen LogP contribution in [0.4, 0.5) is 5.69 Å². The third-order valence-corrected chi connectivity index (χ3v) is 3.68. The molecule has 0 amide bonds. The lowest BCUT2D eigenvalue weighted by Gasteiger charge is -2.04. The summed E-state index contributed by atoms with van der Waals surface area (Å²) in [6.07, 6.45) is 0. The second-order valence-electron chi connectivity index (χ2n) is 2.79. The Balaban J connectivity index is 2.29. The fraction of sp³-hybridized carbons (Fsp3) is 0.111. The summed E-state index contributed by atoms with van der Waals surface area (Å²) < 4.78 is 0.919. The first-order chi connectivity index (χ1) is 6.77. The third-order valence-electron chi connectivity index (χ3n) is 1.82. The van der Waals surface area contributed by atoms with Crippen LogP contribution in [0.5, 0.6) is 0 Å². The second kappa shape index (κ2) is 3.98. The monoisotopic (exact) mass is 223 g/mol. The zero-order chi connectivity index (χ0) is 9.97. The molecule has 2 N–H and O–H groups in total. The van der Waals surface area contributed by atoms with Crippen molar-refractivity contribution < 1.29 is 0 Å². The van der Waals surface area contributed by atoms with E-state index in [0.29, 0.717) is 0 Å². The van der Waals surface area contributed by atoms with E-state index in [2.05, 4.69) is 10.2 Å². The van der Waals surface area contributed by atoms with Crippen LogP contribution in [0, 0.1) is 6.92 Å². The van der Waals surface area contributed by atoms with Crippen LogP contribution in [-0.2, 0) is 0 Å². The number of aromatic nitrogens is 2. The molecule has 0 aliphatic carbocycles. The van der Waals surface area contributed by atoms with Crippen molar-refractivity contribution in [1.82, 2.24) is 10.2 Å². The fourth-order valence-electron chi connectivity index (χ4n) is 1.04. The highest BCUT2D eigenvalue weighted by Gasteiger charge is 2.05. The van der Waals surface area contributed by atoms with Gasteiger partial charge in [0.1, 0.15) is 5.51 Å². The van der Waals surface area contributed by atoms with Gasteiger partial charge in [0.15, 0.2) is 4.34 Å². The molecule has 3 nitrogen and oxygen atoms in total. The Kier molecular flexibility index (Phi) is 2.69. The number of hydrogen-bond acceptors (Lipinski definition) is 5. The van der Waals surface area contributed by atoms with Crippen LogP contribution in [0.25, 0.3) is 0 Å². The summed E-state index contributed by atoms with van der Waals surface area (Å²) in [5.74, 6) is 0. The molecule has 0 saturated carbocycles. The highest BCUT2D eigenvalue weighted by Crippen LogP contribution is 2.33. The van der Waals surface area contributed by atoms with Gasteiger partial charge in [0.2, 0.25) is 0 Å². The summed E-state index contributed by atoms with van der Waals surface area (Å²) in [5.41, 5.74) is 9.57. The number of rotatable bonds is 2. The van der Waals surface area contributed by atoms with Crippen molar-refractivity contribution >= 4 is 28.8 Å². The third kappa shape index (κ3) is 1.88. The van der Waals surface area contributed by atoms with Gasteiger partial charge in [-0.05, 0) is 18.6 Å². The average Bonchev–Trinajstić information content (AvgIpc) is 2.66. The van der Waals surface area contributed by atoms with Gasteiger partial charge in [-0.2, -0.15) is 0 Å². The normalized spacial score (nSPS) is 10.4. The molecule has 1 aromatic carbocycles. The Bertz CT molecular complexity index is 426. The SMILES string of the molecule is Cc1cccc(Sc2nncs2)c1N. The van der Waals surface area contributed by atoms with E-state index in [4.69, 9.17) is 5.73 Å². The van der Waals surface area contributed by atoms with E-state index in [1.807, 2.05) is 25.1 Å². The van der Waals surface area contributed by atoms with Crippen molar-refractivity contribution in [3.05, 3.63) is 29.3 Å². The van der Waals surface area contributed by atoms with Gasteiger partial charge in [-0.3, -0.25) is 0 Å². The van der Waals surface area contributed by atoms with Gasteiger partial charge in [-0.15, -0.1) is 10.2 Å². The molecule has 2 rings (SSSR count). The van der Waals surface area contributed by atoms with Gasteiger partial charge in [0.05, 0.1) is 0 Å². The molecular weight excluding hydrogens is 214 g/mol. The van der Waals surface area contributed by atoms with E-state index < -0.39 is 0 Å². The lowest BCUT2D eigenvalue weighted by atomic mass is 10.2. The van der Waals surface area contributed by atoms with Crippen LogP contribution in [0.3, 0.4) is 0 Å². The van der Waals surface area contributed by atoms with E-state index >= 15 is 0 Å². The van der Waals surface area contributed by atoms with Crippen LogP contribution >= 0.6 is 23.1 Å². The molecule has 14 heavy (non-hydrogen) atoms. The molecule has 72 valence electrons. The fourth-order valence-corrected chi connectivity index (χ4v) is 2.61. The molecular formula is C9H9N3S2. The maximum Gasteiger partial charge on any atom is 0.178 e. The van der Waals surface area contributed by atoms with Crippen molar-refractivity contribution in [2.24, 2.45) is 0 Å². The number of anilines is 1. The predicted molar refractivity (Wildman–Crippen MR) is 59.6 cm³/mol. The van der Waals surface area contributed by atoms with Gasteiger partial charge in [0, 0.05) is 10.6 Å². The number of nitrogens with two attached hydrogens (primary N) is 1. The molecule has 0 aliphatic rings. The minimum atomic E-state index is 0.827. The van der Waals surface area contributed by atoms with Crippen molar-refractivity contribution in [3.63, 3.8) is 0 Å². The number of benzene rings is 1. The molecule has 0 bridgehead atoms. The summed E-state index contributed by atoms with van der Waals surface area (Å²) in [5, 5.41) is 7.74. The Labute approximate surface area is 90.4 Å². The van der Waals surface area contributed by atoms with Crippen molar-refractivity contribution in [2.45, 2.75) is 16.2 Å². The van der Waals surface area contributed by atoms with Crippen LogP contribution in [0.2, 0.25) is 0 Å². The lowest BCUT2D eigenvalue weighted by Crippen LogP contribution is -1.91. The topological polar surface area (TPSA) is 51.8 Å². The number of para-hydroxylation sites is 1. The maximum atomic E-state index is 5.93. The number of hydrogen-bond donors (Lipinski definition) is 1. The molecule has 0 spiro atoms. The van der Waals surface area contributed by atoms with E-state index in [1.54, 1.807) is 17.3 Å². The Morgan fingerprint density at radius 2 is 2.29 bits per heavy atom. The summed E-state index contributed by atoms with van der Waals surface area (Å²) >= 11 is 3.07. The van der Waals surface area contributed by atoms with E-state index in [9.17, 15) is 0 Å². The van der Waals surface area contributed by atoms with Crippen molar-refractivity contribution in [2.75, 3.05) is 5.73 Å². The van der Waals surface area contributed by atoms with Crippen LogP contribution in [0.15, 0.2) is 32.9 Å². The lowest BCUT2D eigenvalue weighted by molar-refractivity contribution is 1.01. The van der Waals surface area contributed by atoms with Crippen LogP contribution in [-0.4, -0.2) is 10.2 Å². The molecule has 0 saturated heterocycles. The summed E-state index contributed by atoms with van der Waals surface area (Å²) in [6.45, 7) is 2.00. The van der Waals surface area contributed by atoms with Crippen LogP contribution in [0.1, 0.15) is 5.56 Å². The summed E-state index contributed by atoms with van der Waals surface area (Å²) in [7, 11) is 0. The molecule has 0 fully saturated rings. The standard InChI is InChI=1S/C9H9N3S2/c1-6-3-2-4-7(8(6)10)14-9-12-11-5-13-9/h2-5H,10H2,1H3. The minimum absolute atomic E-state index is 0.827. The first-order valence-corrected chi connectivity index (χ1v) is 5.76. The highest BCUT2D eigenvalue weighted by atomic mass is 32.2. The largest absolute Gasteiger partial charge is 0.398 e. The zero-order valence-electron chi connectivity index (χ0n) is 7.60. The Morgan fingerprint density at radius 1 is 1.43 bits per heavy atom. The van der Waals surface area contributed by atoms with Gasteiger partial charge in [0.25, 0.3) is 0 Å². The zero-order valence-corrected chi connectivity index (χ0v) is 9.23. The average molecular weight is 223 g/mol. The maximum absolute atomic E-state index is 5.93. The number of nitrogens with zero attached hydrogens (tertiary/aromatic N) is 2. The molecule has 5 heteroatoms. The quantitative estimate of drug-likeness (QED) is 0.795. The van der Waals surface area contributed by atoms with Gasteiger partial charge >= 0.3 is 0 Å². The minimum Gasteiger partial charge on any atom is -0.398 e. The van der Waals surface area contributed by atoms with Gasteiger partial charge in [-0.25, -0.2) is 0 Å². The first kappa shape index (κ1) is 9.48.